The Balaban J connectivity index is 1.28. The molecule has 35 heavy (non-hydrogen) atoms. The molecule has 3 fully saturated rings. The van der Waals surface area contributed by atoms with Crippen molar-refractivity contribution in [3.8, 4) is 0 Å². The van der Waals surface area contributed by atoms with Crippen molar-refractivity contribution in [2.75, 3.05) is 13.1 Å². The summed E-state index contributed by atoms with van der Waals surface area (Å²) in [6.07, 6.45) is 5.69. The van der Waals surface area contributed by atoms with Crippen molar-refractivity contribution in [1.82, 2.24) is 20.1 Å². The van der Waals surface area contributed by atoms with E-state index in [1.165, 1.54) is 0 Å². The van der Waals surface area contributed by atoms with Crippen LogP contribution in [-0.2, 0) is 20.9 Å². The Morgan fingerprint density at radius 2 is 1.86 bits per heavy atom. The molecule has 3 N–H and O–H groups in total. The largest absolute Gasteiger partial charge is 0.369 e. The number of carbonyl (C=O) groups excluding carboxylic acids is 3. The lowest BCUT2D eigenvalue weighted by atomic mass is 9.80. The van der Waals surface area contributed by atoms with Crippen LogP contribution >= 0.6 is 11.6 Å². The van der Waals surface area contributed by atoms with E-state index in [1.807, 2.05) is 34.1 Å². The van der Waals surface area contributed by atoms with Gasteiger partial charge in [0.15, 0.2) is 6.29 Å². The van der Waals surface area contributed by atoms with Gasteiger partial charge in [-0.15, -0.1) is 0 Å². The van der Waals surface area contributed by atoms with Crippen molar-refractivity contribution >= 4 is 35.2 Å². The Kier molecular flexibility index (Phi) is 6.86. The lowest BCUT2D eigenvalue weighted by Gasteiger charge is -2.50. The topological polar surface area (TPSA) is 111 Å². The van der Waals surface area contributed by atoms with Crippen LogP contribution in [-0.4, -0.2) is 63.7 Å². The normalized spacial score (nSPS) is 26.7. The molecular weight excluding hydrogens is 468 g/mol. The van der Waals surface area contributed by atoms with Crippen molar-refractivity contribution in [3.05, 3.63) is 34.9 Å². The van der Waals surface area contributed by atoms with Gasteiger partial charge in [-0.3, -0.25) is 24.7 Å². The summed E-state index contributed by atoms with van der Waals surface area (Å²) in [5.41, 5.74) is 9.51. The van der Waals surface area contributed by atoms with Gasteiger partial charge in [0.1, 0.15) is 5.84 Å². The lowest BCUT2D eigenvalue weighted by molar-refractivity contribution is -0.156. The van der Waals surface area contributed by atoms with E-state index >= 15 is 0 Å². The van der Waals surface area contributed by atoms with Crippen molar-refractivity contribution in [2.24, 2.45) is 22.7 Å². The molecule has 10 heteroatoms. The number of amidine groups is 1. The van der Waals surface area contributed by atoms with E-state index in [9.17, 15) is 14.4 Å². The summed E-state index contributed by atoms with van der Waals surface area (Å²) in [6.45, 7) is 1.54. The molecule has 0 bridgehead atoms. The first kappa shape index (κ1) is 23.9. The average molecular weight is 501 g/mol. The van der Waals surface area contributed by atoms with Gasteiger partial charge in [0.2, 0.25) is 17.7 Å². The second-order valence-corrected chi connectivity index (χ2v) is 10.4. The first-order valence-electron chi connectivity index (χ1n) is 12.7. The van der Waals surface area contributed by atoms with Gasteiger partial charge in [0.05, 0.1) is 12.5 Å². The zero-order valence-corrected chi connectivity index (χ0v) is 20.6. The van der Waals surface area contributed by atoms with Gasteiger partial charge < -0.3 is 15.5 Å². The second kappa shape index (κ2) is 10.0. The Morgan fingerprint density at radius 3 is 2.60 bits per heavy atom. The highest BCUT2D eigenvalue weighted by molar-refractivity contribution is 6.31. The van der Waals surface area contributed by atoms with Crippen LogP contribution in [0.25, 0.3) is 0 Å². The molecule has 3 atom stereocenters. The highest BCUT2D eigenvalue weighted by Gasteiger charge is 2.50. The second-order valence-electron chi connectivity index (χ2n) is 10.0. The molecule has 3 amide bonds. The molecule has 3 aliphatic heterocycles. The third-order valence-electron chi connectivity index (χ3n) is 7.96. The van der Waals surface area contributed by atoms with Crippen LogP contribution in [0.5, 0.6) is 0 Å². The minimum Gasteiger partial charge on any atom is -0.369 e. The summed E-state index contributed by atoms with van der Waals surface area (Å²) in [5.74, 6) is 0.563. The molecule has 188 valence electrons. The molecule has 0 aromatic heterocycles. The van der Waals surface area contributed by atoms with Gasteiger partial charge in [0.25, 0.3) is 0 Å². The third kappa shape index (κ3) is 4.70. The number of hydrazone groups is 1. The van der Waals surface area contributed by atoms with Crippen molar-refractivity contribution in [2.45, 2.75) is 70.2 Å². The molecular formula is C25H33ClN6O3. The number of likely N-dealkylation sites (tertiary alicyclic amines) is 1. The van der Waals surface area contributed by atoms with Gasteiger partial charge in [-0.05, 0) is 37.3 Å². The molecule has 1 aliphatic carbocycles. The fraction of sp³-hybridized carbons (Fsp3) is 0.600. The first-order chi connectivity index (χ1) is 16.9. The van der Waals surface area contributed by atoms with E-state index in [-0.39, 0.29) is 41.9 Å². The fourth-order valence-electron chi connectivity index (χ4n) is 6.00. The van der Waals surface area contributed by atoms with Gasteiger partial charge >= 0.3 is 0 Å². The minimum atomic E-state index is -0.366. The predicted molar refractivity (Wildman–Crippen MR) is 132 cm³/mol. The monoisotopic (exact) mass is 500 g/mol. The van der Waals surface area contributed by atoms with Crippen molar-refractivity contribution in [1.29, 1.82) is 0 Å². The Morgan fingerprint density at radius 1 is 1.11 bits per heavy atom. The molecule has 5 rings (SSSR count). The van der Waals surface area contributed by atoms with Crippen LogP contribution in [0.3, 0.4) is 0 Å². The number of nitrogens with zero attached hydrogens (tertiary/aromatic N) is 4. The molecule has 1 saturated carbocycles. The number of halogens is 1. The summed E-state index contributed by atoms with van der Waals surface area (Å²) in [4.78, 5) is 43.8. The Bertz CT molecular complexity index is 1020. The number of hydrogen-bond acceptors (Lipinski definition) is 6. The summed E-state index contributed by atoms with van der Waals surface area (Å²) < 4.78 is 0. The highest BCUT2D eigenvalue weighted by Crippen LogP contribution is 2.38. The first-order valence-corrected chi connectivity index (χ1v) is 13.0. The highest BCUT2D eigenvalue weighted by atomic mass is 35.5. The summed E-state index contributed by atoms with van der Waals surface area (Å²) >= 11 is 6.42. The van der Waals surface area contributed by atoms with Crippen LogP contribution in [0.1, 0.15) is 56.9 Å². The standard InChI is InChI=1S/C25H33ClN6O3/c26-19-7-3-1-5-17(19)15-31-24(35)18-6-2-4-8-20(18)32-21(28-29-25(31)32)9-10-22(33)30-13-11-16(12-14-30)23(27)34/h1,3,5,7,16,18,20,25,29H,2,4,6,8-15H2,(H2,27,34). The van der Waals surface area contributed by atoms with E-state index in [1.54, 1.807) is 0 Å². The van der Waals surface area contributed by atoms with Gasteiger partial charge in [-0.25, -0.2) is 0 Å². The molecule has 0 radical (unpaired) electrons. The summed E-state index contributed by atoms with van der Waals surface area (Å²) in [6, 6.07) is 7.70. The number of benzene rings is 1. The third-order valence-corrected chi connectivity index (χ3v) is 8.33. The number of rotatable bonds is 6. The smallest absolute Gasteiger partial charge is 0.231 e. The van der Waals surface area contributed by atoms with E-state index in [2.05, 4.69) is 15.4 Å². The Labute approximate surface area is 210 Å². The fourth-order valence-corrected chi connectivity index (χ4v) is 6.20. The molecule has 2 saturated heterocycles. The van der Waals surface area contributed by atoms with Crippen LogP contribution in [0, 0.1) is 11.8 Å². The van der Waals surface area contributed by atoms with Crippen LogP contribution in [0.4, 0.5) is 0 Å². The number of carbonyl (C=O) groups is 3. The van der Waals surface area contributed by atoms with E-state index in [0.717, 1.165) is 37.1 Å². The molecule has 1 aromatic rings. The van der Waals surface area contributed by atoms with Crippen LogP contribution in [0.15, 0.2) is 29.4 Å². The SMILES string of the molecule is NC(=O)C1CCN(C(=O)CCC2=NNC3N(Cc4ccccc4Cl)C(=O)C4CCCCC4N23)CC1. The molecule has 3 unspecified atom stereocenters. The molecule has 1 aromatic carbocycles. The molecule has 0 spiro atoms. The maximum atomic E-state index is 13.5. The van der Waals surface area contributed by atoms with Gasteiger partial charge in [0, 0.05) is 42.9 Å². The molecule has 4 aliphatic rings. The van der Waals surface area contributed by atoms with E-state index in [0.29, 0.717) is 50.3 Å². The van der Waals surface area contributed by atoms with Gasteiger partial charge in [-0.2, -0.15) is 5.10 Å². The summed E-state index contributed by atoms with van der Waals surface area (Å²) in [7, 11) is 0. The quantitative estimate of drug-likeness (QED) is 0.622. The zero-order valence-electron chi connectivity index (χ0n) is 19.9. The van der Waals surface area contributed by atoms with E-state index < -0.39 is 0 Å². The van der Waals surface area contributed by atoms with Crippen LogP contribution < -0.4 is 11.2 Å². The maximum Gasteiger partial charge on any atom is 0.231 e. The lowest BCUT2D eigenvalue weighted by Crippen LogP contribution is -2.67. The number of amides is 3. The van der Waals surface area contributed by atoms with Crippen LogP contribution in [0.2, 0.25) is 5.02 Å². The van der Waals surface area contributed by atoms with Crippen molar-refractivity contribution < 1.29 is 14.4 Å². The number of primary amides is 1. The molecule has 9 nitrogen and oxygen atoms in total. The predicted octanol–water partition coefficient (Wildman–Crippen LogP) is 2.25. The number of fused-ring (bicyclic) bond motifs is 3. The average Bonchev–Trinajstić information content (AvgIpc) is 3.30. The number of nitrogens with one attached hydrogen (secondary N) is 1. The number of hydrogen-bond donors (Lipinski definition) is 2. The number of nitrogens with two attached hydrogens (primary N) is 1. The van der Waals surface area contributed by atoms with E-state index in [4.69, 9.17) is 17.3 Å². The number of piperidine rings is 1. The van der Waals surface area contributed by atoms with Gasteiger partial charge in [-0.1, -0.05) is 42.6 Å². The maximum absolute atomic E-state index is 13.5. The summed E-state index contributed by atoms with van der Waals surface area (Å²) in [5, 5.41) is 5.25. The Hall–Kier alpha value is -2.81. The molecule has 3 heterocycles. The minimum absolute atomic E-state index is 0.0697. The van der Waals surface area contributed by atoms with Crippen molar-refractivity contribution in [3.63, 3.8) is 0 Å². The zero-order chi connectivity index (χ0) is 24.5.